The molecule has 28 heavy (non-hydrogen) atoms. The number of fused-ring (bicyclic) bond motifs is 1. The number of nitrogen functional groups attached to an aromatic ring is 1. The van der Waals surface area contributed by atoms with E-state index >= 15 is 0 Å². The van der Waals surface area contributed by atoms with Crippen LogP contribution in [0.1, 0.15) is 16.7 Å². The Morgan fingerprint density at radius 2 is 1.50 bits per heavy atom. The molecule has 0 saturated heterocycles. The summed E-state index contributed by atoms with van der Waals surface area (Å²) < 4.78 is 0. The molecule has 3 aromatic carbocycles. The van der Waals surface area contributed by atoms with Gasteiger partial charge in [0.05, 0.1) is 5.52 Å². The largest absolute Gasteiger partial charge is 0.399 e. The maximum Gasteiger partial charge on any atom is 0.0743 e. The van der Waals surface area contributed by atoms with E-state index < -0.39 is 0 Å². The topological polar surface area (TPSA) is 63.0 Å². The lowest BCUT2D eigenvalue weighted by atomic mass is 10.1. The summed E-state index contributed by atoms with van der Waals surface area (Å²) in [6.45, 7) is 2.45. The number of hydrogen-bond acceptors (Lipinski definition) is 4. The number of rotatable bonds is 7. The van der Waals surface area contributed by atoms with Gasteiger partial charge in [0.2, 0.25) is 0 Å². The van der Waals surface area contributed by atoms with Gasteiger partial charge in [-0.3, -0.25) is 4.98 Å². The molecule has 4 nitrogen and oxygen atoms in total. The van der Waals surface area contributed by atoms with Crippen molar-refractivity contribution in [3.05, 3.63) is 102 Å². The monoisotopic (exact) mass is 368 g/mol. The molecular formula is C24H24N4. The van der Waals surface area contributed by atoms with E-state index in [2.05, 4.69) is 64.1 Å². The lowest BCUT2D eigenvalue weighted by Crippen LogP contribution is -2.15. The van der Waals surface area contributed by atoms with Crippen LogP contribution in [0.15, 0.2) is 85.1 Å². The van der Waals surface area contributed by atoms with E-state index in [9.17, 15) is 0 Å². The first-order chi connectivity index (χ1) is 13.8. The Hall–Kier alpha value is -3.37. The van der Waals surface area contributed by atoms with Crippen molar-refractivity contribution in [3.63, 3.8) is 0 Å². The first-order valence-electron chi connectivity index (χ1n) is 9.49. The molecule has 1 aromatic heterocycles. The van der Waals surface area contributed by atoms with Crippen molar-refractivity contribution in [2.75, 3.05) is 11.1 Å². The Morgan fingerprint density at radius 1 is 0.750 bits per heavy atom. The van der Waals surface area contributed by atoms with Crippen LogP contribution in [0.3, 0.4) is 0 Å². The van der Waals surface area contributed by atoms with Crippen molar-refractivity contribution in [2.24, 2.45) is 0 Å². The van der Waals surface area contributed by atoms with Crippen LogP contribution in [-0.2, 0) is 19.6 Å². The number of nitrogens with one attached hydrogen (secondary N) is 2. The van der Waals surface area contributed by atoms with Gasteiger partial charge in [-0.2, -0.15) is 0 Å². The maximum atomic E-state index is 5.88. The number of aromatic nitrogens is 1. The molecule has 4 rings (SSSR count). The van der Waals surface area contributed by atoms with Crippen LogP contribution < -0.4 is 16.4 Å². The van der Waals surface area contributed by atoms with Crippen molar-refractivity contribution >= 4 is 22.3 Å². The van der Waals surface area contributed by atoms with E-state index in [-0.39, 0.29) is 0 Å². The highest BCUT2D eigenvalue weighted by molar-refractivity contribution is 5.92. The average molecular weight is 368 g/mol. The average Bonchev–Trinajstić information content (AvgIpc) is 2.73. The van der Waals surface area contributed by atoms with Gasteiger partial charge in [0.15, 0.2) is 0 Å². The second-order valence-corrected chi connectivity index (χ2v) is 6.85. The minimum atomic E-state index is 0.729. The fraction of sp³-hybridized carbons (Fsp3) is 0.125. The predicted octanol–water partition coefficient (Wildman–Crippen LogP) is 4.72. The van der Waals surface area contributed by atoms with Crippen molar-refractivity contribution < 1.29 is 0 Å². The molecule has 0 fully saturated rings. The first-order valence-corrected chi connectivity index (χ1v) is 9.49. The molecule has 0 radical (unpaired) electrons. The Bertz CT molecular complexity index is 1060. The molecule has 140 valence electrons. The zero-order chi connectivity index (χ0) is 19.2. The van der Waals surface area contributed by atoms with E-state index in [1.54, 1.807) is 0 Å². The molecule has 0 saturated carbocycles. The molecule has 0 bridgehead atoms. The van der Waals surface area contributed by atoms with Crippen LogP contribution >= 0.6 is 0 Å². The van der Waals surface area contributed by atoms with Gasteiger partial charge in [-0.05, 0) is 41.0 Å². The first kappa shape index (κ1) is 18.0. The summed E-state index contributed by atoms with van der Waals surface area (Å²) in [7, 11) is 0. The molecule has 0 atom stereocenters. The van der Waals surface area contributed by atoms with Crippen LogP contribution in [0, 0.1) is 0 Å². The van der Waals surface area contributed by atoms with E-state index in [0.29, 0.717) is 0 Å². The van der Waals surface area contributed by atoms with Crippen LogP contribution in [-0.4, -0.2) is 4.98 Å². The molecule has 0 aliphatic rings. The predicted molar refractivity (Wildman–Crippen MR) is 117 cm³/mol. The third-order valence-corrected chi connectivity index (χ3v) is 4.84. The Labute approximate surface area is 165 Å². The Morgan fingerprint density at radius 3 is 2.32 bits per heavy atom. The minimum Gasteiger partial charge on any atom is -0.399 e. The molecular weight excluding hydrogens is 344 g/mol. The molecule has 0 amide bonds. The third kappa shape index (κ3) is 4.30. The van der Waals surface area contributed by atoms with Gasteiger partial charge in [-0.1, -0.05) is 54.6 Å². The van der Waals surface area contributed by atoms with Gasteiger partial charge in [0.25, 0.3) is 0 Å². The highest BCUT2D eigenvalue weighted by Crippen LogP contribution is 2.24. The van der Waals surface area contributed by atoms with Gasteiger partial charge in [0, 0.05) is 42.6 Å². The summed E-state index contributed by atoms with van der Waals surface area (Å²) in [5.41, 5.74) is 12.5. The summed E-state index contributed by atoms with van der Waals surface area (Å²) in [6.07, 6.45) is 1.82. The van der Waals surface area contributed by atoms with Crippen molar-refractivity contribution in [1.29, 1.82) is 0 Å². The number of pyridine rings is 1. The van der Waals surface area contributed by atoms with Crippen molar-refractivity contribution in [1.82, 2.24) is 10.3 Å². The SMILES string of the molecule is Nc1ccc2c(NCc3ccccc3CNCc3ccccc3)ccnc2c1. The smallest absolute Gasteiger partial charge is 0.0743 e. The van der Waals surface area contributed by atoms with E-state index in [1.165, 1.54) is 16.7 Å². The van der Waals surface area contributed by atoms with Crippen LogP contribution in [0.4, 0.5) is 11.4 Å². The molecule has 4 N–H and O–H groups in total. The van der Waals surface area contributed by atoms with E-state index in [4.69, 9.17) is 5.73 Å². The Kier molecular flexibility index (Phi) is 5.50. The molecule has 0 aliphatic carbocycles. The zero-order valence-corrected chi connectivity index (χ0v) is 15.7. The second-order valence-electron chi connectivity index (χ2n) is 6.85. The van der Waals surface area contributed by atoms with Crippen LogP contribution in [0.5, 0.6) is 0 Å². The number of benzene rings is 3. The number of anilines is 2. The van der Waals surface area contributed by atoms with Gasteiger partial charge >= 0.3 is 0 Å². The zero-order valence-electron chi connectivity index (χ0n) is 15.7. The molecule has 1 heterocycles. The molecule has 4 aromatic rings. The van der Waals surface area contributed by atoms with Crippen molar-refractivity contribution in [3.8, 4) is 0 Å². The van der Waals surface area contributed by atoms with Crippen LogP contribution in [0.25, 0.3) is 10.9 Å². The molecule has 0 spiro atoms. The number of nitrogens with two attached hydrogens (primary N) is 1. The fourth-order valence-corrected chi connectivity index (χ4v) is 3.35. The molecule has 4 heteroatoms. The fourth-order valence-electron chi connectivity index (χ4n) is 3.35. The third-order valence-electron chi connectivity index (χ3n) is 4.84. The summed E-state index contributed by atoms with van der Waals surface area (Å²) in [5, 5.41) is 8.18. The molecule has 0 unspecified atom stereocenters. The van der Waals surface area contributed by atoms with Crippen molar-refractivity contribution in [2.45, 2.75) is 19.6 Å². The number of nitrogens with zero attached hydrogens (tertiary/aromatic N) is 1. The Balaban J connectivity index is 1.44. The summed E-state index contributed by atoms with van der Waals surface area (Å²) >= 11 is 0. The minimum absolute atomic E-state index is 0.729. The summed E-state index contributed by atoms with van der Waals surface area (Å²) in [4.78, 5) is 4.41. The van der Waals surface area contributed by atoms with E-state index in [1.807, 2.05) is 36.5 Å². The lowest BCUT2D eigenvalue weighted by Gasteiger charge is -2.14. The van der Waals surface area contributed by atoms with Crippen LogP contribution in [0.2, 0.25) is 0 Å². The second kappa shape index (κ2) is 8.55. The van der Waals surface area contributed by atoms with Gasteiger partial charge < -0.3 is 16.4 Å². The highest BCUT2D eigenvalue weighted by Gasteiger charge is 2.05. The van der Waals surface area contributed by atoms with Gasteiger partial charge in [0.1, 0.15) is 0 Å². The summed E-state index contributed by atoms with van der Waals surface area (Å²) in [5.74, 6) is 0. The van der Waals surface area contributed by atoms with Gasteiger partial charge in [-0.25, -0.2) is 0 Å². The quantitative estimate of drug-likeness (QED) is 0.413. The maximum absolute atomic E-state index is 5.88. The normalized spacial score (nSPS) is 10.9. The highest BCUT2D eigenvalue weighted by atomic mass is 14.9. The van der Waals surface area contributed by atoms with E-state index in [0.717, 1.165) is 41.9 Å². The van der Waals surface area contributed by atoms with Gasteiger partial charge in [-0.15, -0.1) is 0 Å². The molecule has 0 aliphatic heterocycles. The lowest BCUT2D eigenvalue weighted by molar-refractivity contribution is 0.689. The summed E-state index contributed by atoms with van der Waals surface area (Å²) in [6, 6.07) is 26.8. The standard InChI is InChI=1S/C24H24N4/c25-21-10-11-22-23(12-13-27-24(22)14-21)28-17-20-9-5-4-8-19(20)16-26-15-18-6-2-1-3-7-18/h1-14,26H,15-17,25H2,(H,27,28). The number of hydrogen-bond donors (Lipinski definition) is 3.